The molecule has 2 aromatic rings. The molecular weight excluding hydrogens is 314 g/mol. The highest BCUT2D eigenvalue weighted by molar-refractivity contribution is 5.95. The largest absolute Gasteiger partial charge is 0.381 e. The number of nitrogens with zero attached hydrogens (tertiary/aromatic N) is 2. The molecule has 1 aliphatic carbocycles. The summed E-state index contributed by atoms with van der Waals surface area (Å²) in [6.45, 7) is 3.66. The Morgan fingerprint density at radius 2 is 1.76 bits per heavy atom. The van der Waals surface area contributed by atoms with E-state index in [1.54, 1.807) is 0 Å². The molecule has 2 aliphatic rings. The van der Waals surface area contributed by atoms with Gasteiger partial charge in [-0.15, -0.1) is 0 Å². The minimum absolute atomic E-state index is 0.0624. The fraction of sp³-hybridized carbons (Fsp3) is 0.350. The number of anilines is 1. The summed E-state index contributed by atoms with van der Waals surface area (Å²) in [7, 11) is 0. The van der Waals surface area contributed by atoms with Gasteiger partial charge in [-0.3, -0.25) is 4.79 Å². The Bertz CT molecular complexity index is 788. The fourth-order valence-electron chi connectivity index (χ4n) is 3.71. The van der Waals surface area contributed by atoms with Gasteiger partial charge in [0.25, 0.3) is 0 Å². The first-order valence-corrected chi connectivity index (χ1v) is 8.62. The number of carbonyl (C=O) groups excluding carboxylic acids is 1. The lowest BCUT2D eigenvalue weighted by molar-refractivity contribution is -0.118. The molecule has 0 spiro atoms. The number of amides is 1. The molecule has 1 saturated heterocycles. The lowest BCUT2D eigenvalue weighted by atomic mass is 9.99. The molecule has 1 amide bonds. The number of nitrogens with one attached hydrogen (secondary N) is 1. The molecule has 0 radical (unpaired) electrons. The Hall–Kier alpha value is -2.53. The maximum atomic E-state index is 12.5. The molecule has 128 valence electrons. The van der Waals surface area contributed by atoms with Crippen LogP contribution < -0.4 is 5.32 Å². The summed E-state index contributed by atoms with van der Waals surface area (Å²) in [5.41, 5.74) is 2.47. The lowest BCUT2D eigenvalue weighted by Crippen LogP contribution is -2.18. The van der Waals surface area contributed by atoms with Crippen molar-refractivity contribution in [3.05, 3.63) is 54.6 Å². The Kier molecular flexibility index (Phi) is 4.09. The Balaban J connectivity index is 1.38. The molecule has 2 aromatic carbocycles. The van der Waals surface area contributed by atoms with Crippen molar-refractivity contribution in [1.29, 1.82) is 0 Å². The van der Waals surface area contributed by atoms with Gasteiger partial charge in [-0.2, -0.15) is 10.2 Å². The maximum Gasteiger partial charge on any atom is 0.228 e. The van der Waals surface area contributed by atoms with Gasteiger partial charge in [0.15, 0.2) is 0 Å². The third kappa shape index (κ3) is 3.20. The van der Waals surface area contributed by atoms with Crippen LogP contribution >= 0.6 is 0 Å². The summed E-state index contributed by atoms with van der Waals surface area (Å²) in [6.07, 6.45) is 0.967. The summed E-state index contributed by atoms with van der Waals surface area (Å²) < 4.78 is 5.50. The Morgan fingerprint density at radius 1 is 1.08 bits per heavy atom. The second kappa shape index (κ2) is 6.41. The van der Waals surface area contributed by atoms with E-state index < -0.39 is 0 Å². The average Bonchev–Trinajstić information content (AvgIpc) is 3.27. The van der Waals surface area contributed by atoms with Gasteiger partial charge in [-0.1, -0.05) is 25.1 Å². The summed E-state index contributed by atoms with van der Waals surface area (Å²) in [5, 5.41) is 11.4. The highest BCUT2D eigenvalue weighted by Gasteiger charge is 2.65. The number of ether oxygens (including phenoxy) is 1. The van der Waals surface area contributed by atoms with Gasteiger partial charge in [0.05, 0.1) is 18.0 Å². The van der Waals surface area contributed by atoms with Crippen LogP contribution in [0.4, 0.5) is 17.1 Å². The van der Waals surface area contributed by atoms with Gasteiger partial charge in [0.2, 0.25) is 5.91 Å². The monoisotopic (exact) mass is 335 g/mol. The third-order valence-electron chi connectivity index (χ3n) is 5.39. The predicted molar refractivity (Wildman–Crippen MR) is 96.2 cm³/mol. The van der Waals surface area contributed by atoms with Crippen molar-refractivity contribution in [2.75, 3.05) is 18.5 Å². The molecule has 3 atom stereocenters. The molecule has 1 aliphatic heterocycles. The second-order valence-corrected chi connectivity index (χ2v) is 6.99. The zero-order valence-corrected chi connectivity index (χ0v) is 14.2. The molecule has 5 nitrogen and oxygen atoms in total. The van der Waals surface area contributed by atoms with Crippen LogP contribution in [0.15, 0.2) is 64.8 Å². The van der Waals surface area contributed by atoms with E-state index >= 15 is 0 Å². The van der Waals surface area contributed by atoms with Gasteiger partial charge < -0.3 is 10.1 Å². The number of hydrogen-bond acceptors (Lipinski definition) is 4. The van der Waals surface area contributed by atoms with Crippen LogP contribution in [0.1, 0.15) is 13.3 Å². The molecule has 0 aromatic heterocycles. The molecule has 5 heteroatoms. The average molecular weight is 335 g/mol. The van der Waals surface area contributed by atoms with E-state index in [4.69, 9.17) is 4.74 Å². The lowest BCUT2D eigenvalue weighted by Gasteiger charge is -2.16. The number of rotatable bonds is 4. The molecule has 1 N–H and O–H groups in total. The van der Waals surface area contributed by atoms with E-state index in [9.17, 15) is 4.79 Å². The molecule has 0 bridgehead atoms. The first kappa shape index (κ1) is 16.0. The number of carbonyl (C=O) groups is 1. The number of fused-ring (bicyclic) bond motifs is 1. The topological polar surface area (TPSA) is 63.0 Å². The van der Waals surface area contributed by atoms with Gasteiger partial charge in [0, 0.05) is 24.1 Å². The number of hydrogen-bond donors (Lipinski definition) is 1. The molecule has 1 saturated carbocycles. The SMILES string of the molecule is CC12CCOCC1C2C(=O)Nc1ccc(N=Nc2ccccc2)cc1. The van der Waals surface area contributed by atoms with E-state index in [1.165, 1.54) is 0 Å². The molecule has 3 unspecified atom stereocenters. The summed E-state index contributed by atoms with van der Waals surface area (Å²) in [4.78, 5) is 12.5. The van der Waals surface area contributed by atoms with Crippen molar-refractivity contribution in [3.8, 4) is 0 Å². The number of azo groups is 1. The van der Waals surface area contributed by atoms with Crippen LogP contribution in [0.3, 0.4) is 0 Å². The summed E-state index contributed by atoms with van der Waals surface area (Å²) in [5.74, 6) is 0.518. The molecule has 1 heterocycles. The van der Waals surface area contributed by atoms with Crippen LogP contribution in [0.5, 0.6) is 0 Å². The van der Waals surface area contributed by atoms with E-state index in [0.717, 1.165) is 30.1 Å². The van der Waals surface area contributed by atoms with Gasteiger partial charge in [-0.05, 0) is 48.2 Å². The zero-order valence-electron chi connectivity index (χ0n) is 14.2. The van der Waals surface area contributed by atoms with Crippen molar-refractivity contribution in [3.63, 3.8) is 0 Å². The zero-order chi connectivity index (χ0) is 17.3. The van der Waals surface area contributed by atoms with Crippen LogP contribution in [-0.4, -0.2) is 19.1 Å². The van der Waals surface area contributed by atoms with Crippen molar-refractivity contribution in [2.45, 2.75) is 13.3 Å². The van der Waals surface area contributed by atoms with E-state index in [2.05, 4.69) is 22.5 Å². The van der Waals surface area contributed by atoms with Crippen LogP contribution in [0, 0.1) is 17.3 Å². The standard InChI is InChI=1S/C20H21N3O2/c1-20-11-12-25-13-17(20)18(20)19(24)21-14-7-9-16(10-8-14)23-22-15-5-3-2-4-6-15/h2-10,17-18H,11-13H2,1H3,(H,21,24). The molecule has 4 rings (SSSR count). The quantitative estimate of drug-likeness (QED) is 0.822. The molecule has 25 heavy (non-hydrogen) atoms. The minimum atomic E-state index is 0.0624. The van der Waals surface area contributed by atoms with Gasteiger partial charge in [0.1, 0.15) is 0 Å². The van der Waals surface area contributed by atoms with Crippen LogP contribution in [0.2, 0.25) is 0 Å². The predicted octanol–water partition coefficient (Wildman–Crippen LogP) is 4.71. The van der Waals surface area contributed by atoms with Gasteiger partial charge in [-0.25, -0.2) is 0 Å². The van der Waals surface area contributed by atoms with Crippen molar-refractivity contribution >= 4 is 23.0 Å². The summed E-state index contributed by atoms with van der Waals surface area (Å²) in [6, 6.07) is 17.0. The van der Waals surface area contributed by atoms with Crippen LogP contribution in [-0.2, 0) is 9.53 Å². The van der Waals surface area contributed by atoms with E-state index in [-0.39, 0.29) is 17.2 Å². The Morgan fingerprint density at radius 3 is 2.40 bits per heavy atom. The van der Waals surface area contributed by atoms with Crippen molar-refractivity contribution in [1.82, 2.24) is 0 Å². The smallest absolute Gasteiger partial charge is 0.228 e. The summed E-state index contributed by atoms with van der Waals surface area (Å²) >= 11 is 0. The van der Waals surface area contributed by atoms with E-state index in [1.807, 2.05) is 54.6 Å². The first-order chi connectivity index (χ1) is 12.2. The first-order valence-electron chi connectivity index (χ1n) is 8.62. The van der Waals surface area contributed by atoms with Gasteiger partial charge >= 0.3 is 0 Å². The Labute approximate surface area is 147 Å². The van der Waals surface area contributed by atoms with Crippen molar-refractivity contribution in [2.24, 2.45) is 27.5 Å². The molecule has 2 fully saturated rings. The molecular formula is C20H21N3O2. The normalized spacial score (nSPS) is 27.7. The van der Waals surface area contributed by atoms with E-state index in [0.29, 0.717) is 12.5 Å². The van der Waals surface area contributed by atoms with Crippen molar-refractivity contribution < 1.29 is 9.53 Å². The second-order valence-electron chi connectivity index (χ2n) is 6.99. The fourth-order valence-corrected chi connectivity index (χ4v) is 3.71. The minimum Gasteiger partial charge on any atom is -0.381 e. The maximum absolute atomic E-state index is 12.5. The highest BCUT2D eigenvalue weighted by atomic mass is 16.5. The number of benzene rings is 2. The third-order valence-corrected chi connectivity index (χ3v) is 5.39. The van der Waals surface area contributed by atoms with Crippen LogP contribution in [0.25, 0.3) is 0 Å². The highest BCUT2D eigenvalue weighted by Crippen LogP contribution is 2.62.